The third kappa shape index (κ3) is 5.68. The number of aryl methyl sites for hydroxylation is 1. The van der Waals surface area contributed by atoms with E-state index in [0.717, 1.165) is 24.4 Å². The predicted octanol–water partition coefficient (Wildman–Crippen LogP) is 6.41. The van der Waals surface area contributed by atoms with Gasteiger partial charge in [0.1, 0.15) is 5.76 Å². The minimum absolute atomic E-state index is 0.0722. The largest absolute Gasteiger partial charge is 0.455 e. The first-order valence-electron chi connectivity index (χ1n) is 11.8. The molecule has 4 nitrogen and oxygen atoms in total. The number of nitrogens with one attached hydrogen (secondary N) is 1. The molecule has 168 valence electrons. The van der Waals surface area contributed by atoms with Gasteiger partial charge < -0.3 is 9.73 Å². The Morgan fingerprint density at radius 3 is 2.44 bits per heavy atom. The summed E-state index contributed by atoms with van der Waals surface area (Å²) in [5, 5.41) is 3.04. The molecule has 1 saturated carbocycles. The van der Waals surface area contributed by atoms with Crippen molar-refractivity contribution in [2.45, 2.75) is 71.1 Å². The SMILES string of the molecule is Cc1ccccc1CN(Cc1ccc(C(=O)NC(C)c2ccccc2)o1)C1CCCCC1. The second-order valence-corrected chi connectivity index (χ2v) is 9.00. The van der Waals surface area contributed by atoms with E-state index >= 15 is 0 Å². The van der Waals surface area contributed by atoms with E-state index < -0.39 is 0 Å². The van der Waals surface area contributed by atoms with Crippen molar-refractivity contribution in [3.05, 3.63) is 94.9 Å². The van der Waals surface area contributed by atoms with Crippen LogP contribution in [-0.4, -0.2) is 16.8 Å². The van der Waals surface area contributed by atoms with Gasteiger partial charge in [-0.05, 0) is 55.5 Å². The van der Waals surface area contributed by atoms with Crippen LogP contribution in [0.3, 0.4) is 0 Å². The van der Waals surface area contributed by atoms with Crippen molar-refractivity contribution in [2.24, 2.45) is 0 Å². The normalized spacial score (nSPS) is 15.6. The molecular formula is C28H34N2O2. The highest BCUT2D eigenvalue weighted by molar-refractivity contribution is 5.91. The van der Waals surface area contributed by atoms with Crippen molar-refractivity contribution >= 4 is 5.91 Å². The Balaban J connectivity index is 1.44. The highest BCUT2D eigenvalue weighted by Gasteiger charge is 2.24. The highest BCUT2D eigenvalue weighted by atomic mass is 16.4. The number of amides is 1. The molecule has 1 amide bonds. The molecule has 1 unspecified atom stereocenters. The Morgan fingerprint density at radius 2 is 1.69 bits per heavy atom. The van der Waals surface area contributed by atoms with E-state index in [1.807, 2.05) is 43.3 Å². The van der Waals surface area contributed by atoms with Crippen LogP contribution in [0.5, 0.6) is 0 Å². The molecule has 4 rings (SSSR count). The molecule has 32 heavy (non-hydrogen) atoms. The van der Waals surface area contributed by atoms with Crippen molar-refractivity contribution in [3.63, 3.8) is 0 Å². The summed E-state index contributed by atoms with van der Waals surface area (Å²) in [6, 6.07) is 22.8. The van der Waals surface area contributed by atoms with E-state index in [1.165, 1.54) is 43.2 Å². The molecule has 1 fully saturated rings. The molecule has 2 aromatic carbocycles. The van der Waals surface area contributed by atoms with E-state index in [9.17, 15) is 4.79 Å². The average molecular weight is 431 g/mol. The summed E-state index contributed by atoms with van der Waals surface area (Å²) in [5.74, 6) is 1.06. The fourth-order valence-electron chi connectivity index (χ4n) is 4.64. The van der Waals surface area contributed by atoms with Gasteiger partial charge in [-0.1, -0.05) is 73.9 Å². The minimum Gasteiger partial charge on any atom is -0.455 e. The van der Waals surface area contributed by atoms with Crippen molar-refractivity contribution in [1.82, 2.24) is 10.2 Å². The maximum atomic E-state index is 12.7. The number of hydrogen-bond donors (Lipinski definition) is 1. The van der Waals surface area contributed by atoms with Gasteiger partial charge in [0.15, 0.2) is 5.76 Å². The Hall–Kier alpha value is -2.85. The Morgan fingerprint density at radius 1 is 0.969 bits per heavy atom. The average Bonchev–Trinajstić information content (AvgIpc) is 3.30. The van der Waals surface area contributed by atoms with Gasteiger partial charge in [-0.3, -0.25) is 9.69 Å². The minimum atomic E-state index is -0.171. The molecule has 4 heteroatoms. The fourth-order valence-corrected chi connectivity index (χ4v) is 4.64. The number of hydrogen-bond acceptors (Lipinski definition) is 3. The second kappa shape index (κ2) is 10.6. The van der Waals surface area contributed by atoms with Crippen LogP contribution >= 0.6 is 0 Å². The molecule has 0 aliphatic heterocycles. The lowest BCUT2D eigenvalue weighted by atomic mass is 9.93. The van der Waals surface area contributed by atoms with Gasteiger partial charge in [-0.15, -0.1) is 0 Å². The second-order valence-electron chi connectivity index (χ2n) is 9.00. The van der Waals surface area contributed by atoms with Crippen LogP contribution in [0, 0.1) is 6.92 Å². The van der Waals surface area contributed by atoms with Crippen LogP contribution < -0.4 is 5.32 Å². The lowest BCUT2D eigenvalue weighted by molar-refractivity contribution is 0.0902. The summed E-state index contributed by atoms with van der Waals surface area (Å²) in [5.41, 5.74) is 3.76. The predicted molar refractivity (Wildman–Crippen MR) is 128 cm³/mol. The number of furan rings is 1. The third-order valence-electron chi connectivity index (χ3n) is 6.62. The summed E-state index contributed by atoms with van der Waals surface area (Å²) in [6.45, 7) is 5.80. The van der Waals surface area contributed by atoms with Crippen LogP contribution in [0.25, 0.3) is 0 Å². The molecule has 1 aromatic heterocycles. The Bertz CT molecular complexity index is 1010. The van der Waals surface area contributed by atoms with Crippen molar-refractivity contribution in [3.8, 4) is 0 Å². The number of carbonyl (C=O) groups excluding carboxylic acids is 1. The molecule has 1 aliphatic carbocycles. The molecule has 0 bridgehead atoms. The van der Waals surface area contributed by atoms with Crippen molar-refractivity contribution < 1.29 is 9.21 Å². The van der Waals surface area contributed by atoms with E-state index in [-0.39, 0.29) is 11.9 Å². The first-order valence-corrected chi connectivity index (χ1v) is 11.8. The van der Waals surface area contributed by atoms with Gasteiger partial charge >= 0.3 is 0 Å². The molecular weight excluding hydrogens is 396 g/mol. The van der Waals surface area contributed by atoms with Gasteiger partial charge in [0, 0.05) is 12.6 Å². The van der Waals surface area contributed by atoms with Gasteiger partial charge in [0.25, 0.3) is 5.91 Å². The summed E-state index contributed by atoms with van der Waals surface area (Å²) in [7, 11) is 0. The van der Waals surface area contributed by atoms with Crippen LogP contribution in [-0.2, 0) is 13.1 Å². The zero-order chi connectivity index (χ0) is 22.3. The summed E-state index contributed by atoms with van der Waals surface area (Å²) in [4.78, 5) is 15.3. The summed E-state index contributed by atoms with van der Waals surface area (Å²) >= 11 is 0. The number of rotatable bonds is 8. The van der Waals surface area contributed by atoms with Crippen LogP contribution in [0.15, 0.2) is 71.1 Å². The monoisotopic (exact) mass is 430 g/mol. The van der Waals surface area contributed by atoms with E-state index in [4.69, 9.17) is 4.42 Å². The van der Waals surface area contributed by atoms with Gasteiger partial charge in [-0.25, -0.2) is 0 Å². The molecule has 1 atom stereocenters. The number of nitrogens with zero attached hydrogens (tertiary/aromatic N) is 1. The molecule has 0 spiro atoms. The molecule has 0 saturated heterocycles. The molecule has 0 radical (unpaired) electrons. The fraction of sp³-hybridized carbons (Fsp3) is 0.393. The molecule has 3 aromatic rings. The topological polar surface area (TPSA) is 45.5 Å². The molecule has 1 aliphatic rings. The lowest BCUT2D eigenvalue weighted by Gasteiger charge is -2.34. The quantitative estimate of drug-likeness (QED) is 0.449. The smallest absolute Gasteiger partial charge is 0.287 e. The standard InChI is InChI=1S/C28H34N2O2/c1-21-11-9-10-14-24(21)19-30(25-15-7-4-8-16-25)20-26-17-18-27(32-26)28(31)29-22(2)23-12-5-3-6-13-23/h3,5-6,9-14,17-18,22,25H,4,7-8,15-16,19-20H2,1-2H3,(H,29,31). The van der Waals surface area contributed by atoms with E-state index in [0.29, 0.717) is 11.8 Å². The van der Waals surface area contributed by atoms with Gasteiger partial charge in [0.2, 0.25) is 0 Å². The maximum Gasteiger partial charge on any atom is 0.287 e. The number of carbonyl (C=O) groups is 1. The molecule has 1 heterocycles. The first kappa shape index (κ1) is 22.3. The highest BCUT2D eigenvalue weighted by Crippen LogP contribution is 2.27. The van der Waals surface area contributed by atoms with Gasteiger partial charge in [0.05, 0.1) is 12.6 Å². The van der Waals surface area contributed by atoms with Crippen molar-refractivity contribution in [1.29, 1.82) is 0 Å². The first-order chi connectivity index (χ1) is 15.6. The van der Waals surface area contributed by atoms with E-state index in [2.05, 4.69) is 41.4 Å². The zero-order valence-corrected chi connectivity index (χ0v) is 19.2. The molecule has 1 N–H and O–H groups in total. The van der Waals surface area contributed by atoms with Crippen LogP contribution in [0.4, 0.5) is 0 Å². The maximum absolute atomic E-state index is 12.7. The summed E-state index contributed by atoms with van der Waals surface area (Å²) < 4.78 is 6.02. The Kier molecular flexibility index (Phi) is 7.43. The third-order valence-corrected chi connectivity index (χ3v) is 6.62. The van der Waals surface area contributed by atoms with Crippen LogP contribution in [0.2, 0.25) is 0 Å². The number of benzene rings is 2. The zero-order valence-electron chi connectivity index (χ0n) is 19.2. The van der Waals surface area contributed by atoms with Gasteiger partial charge in [-0.2, -0.15) is 0 Å². The van der Waals surface area contributed by atoms with Crippen molar-refractivity contribution in [2.75, 3.05) is 0 Å². The van der Waals surface area contributed by atoms with E-state index in [1.54, 1.807) is 6.07 Å². The summed E-state index contributed by atoms with van der Waals surface area (Å²) in [6.07, 6.45) is 6.37. The van der Waals surface area contributed by atoms with Crippen LogP contribution in [0.1, 0.15) is 78.1 Å². The Labute approximate surface area is 191 Å². The lowest BCUT2D eigenvalue weighted by Crippen LogP contribution is -2.36.